The van der Waals surface area contributed by atoms with Crippen molar-refractivity contribution in [3.63, 3.8) is 0 Å². The van der Waals surface area contributed by atoms with Crippen LogP contribution in [0.5, 0.6) is 11.5 Å². The normalized spacial score (nSPS) is 22.0. The fourth-order valence-electron chi connectivity index (χ4n) is 4.98. The lowest BCUT2D eigenvalue weighted by atomic mass is 9.77. The van der Waals surface area contributed by atoms with Gasteiger partial charge in [0.15, 0.2) is 23.1 Å². The Kier molecular flexibility index (Phi) is 7.51. The van der Waals surface area contributed by atoms with E-state index in [0.717, 1.165) is 19.0 Å². The highest BCUT2D eigenvalue weighted by Crippen LogP contribution is 2.38. The molecular weight excluding hydrogens is 475 g/mol. The molecule has 1 atom stereocenters. The van der Waals surface area contributed by atoms with Gasteiger partial charge in [0.05, 0.1) is 19.4 Å². The third kappa shape index (κ3) is 6.12. The number of rotatable bonds is 8. The lowest BCUT2D eigenvalue weighted by molar-refractivity contribution is -0.0520. The maximum atomic E-state index is 14.6. The van der Waals surface area contributed by atoms with Crippen LogP contribution in [0.1, 0.15) is 47.0 Å². The standard InChI is InChI=1S/C25H34F3N5O3/c1-24(2)11-16(12-25(3,4)33(24)5)30-21-18(26)13-29-23(32-21)31-15-6-7-19(20(10-15)36-22(27)28)35-17-8-9-34-14-17/h6-7,10,13,16-17,22H,8-9,11-12,14H2,1-5H3,(H2,29,30,31,32)/t17-/m0/s1. The molecule has 1 aromatic carbocycles. The van der Waals surface area contributed by atoms with Crippen LogP contribution in [-0.4, -0.2) is 65.0 Å². The van der Waals surface area contributed by atoms with Gasteiger partial charge in [-0.15, -0.1) is 0 Å². The van der Waals surface area contributed by atoms with Crippen molar-refractivity contribution in [3.05, 3.63) is 30.2 Å². The van der Waals surface area contributed by atoms with Crippen LogP contribution in [0, 0.1) is 5.82 Å². The summed E-state index contributed by atoms with van der Waals surface area (Å²) < 4.78 is 56.4. The van der Waals surface area contributed by atoms with Crippen LogP contribution >= 0.6 is 0 Å². The second-order valence-electron chi connectivity index (χ2n) is 10.6. The molecule has 2 aromatic rings. The molecule has 3 heterocycles. The second-order valence-corrected chi connectivity index (χ2v) is 10.6. The summed E-state index contributed by atoms with van der Waals surface area (Å²) in [6, 6.07) is 4.54. The summed E-state index contributed by atoms with van der Waals surface area (Å²) in [4.78, 5) is 10.7. The Morgan fingerprint density at radius 2 is 1.86 bits per heavy atom. The fourth-order valence-corrected chi connectivity index (χ4v) is 4.98. The highest BCUT2D eigenvalue weighted by molar-refractivity contribution is 5.60. The molecule has 0 unspecified atom stereocenters. The Balaban J connectivity index is 1.51. The van der Waals surface area contributed by atoms with Crippen LogP contribution in [0.3, 0.4) is 0 Å². The van der Waals surface area contributed by atoms with Crippen molar-refractivity contribution < 1.29 is 27.4 Å². The van der Waals surface area contributed by atoms with E-state index in [-0.39, 0.29) is 46.5 Å². The molecule has 0 amide bonds. The van der Waals surface area contributed by atoms with Crippen LogP contribution < -0.4 is 20.1 Å². The fraction of sp³-hybridized carbons (Fsp3) is 0.600. The first kappa shape index (κ1) is 26.3. The van der Waals surface area contributed by atoms with Gasteiger partial charge >= 0.3 is 6.61 Å². The van der Waals surface area contributed by atoms with Crippen molar-refractivity contribution >= 4 is 17.5 Å². The molecule has 2 saturated heterocycles. The van der Waals surface area contributed by atoms with Crippen LogP contribution in [-0.2, 0) is 4.74 Å². The van der Waals surface area contributed by atoms with Crippen LogP contribution in [0.2, 0.25) is 0 Å². The minimum absolute atomic E-state index is 0.00509. The SMILES string of the molecule is CN1C(C)(C)CC(Nc2nc(Nc3ccc(O[C@H]4CCOC4)c(OC(F)F)c3)ncc2F)CC1(C)C. The molecule has 4 rings (SSSR count). The largest absolute Gasteiger partial charge is 0.484 e. The highest BCUT2D eigenvalue weighted by atomic mass is 19.3. The van der Waals surface area contributed by atoms with Gasteiger partial charge < -0.3 is 24.8 Å². The topological polar surface area (TPSA) is 80.8 Å². The molecule has 36 heavy (non-hydrogen) atoms. The number of hydrogen-bond donors (Lipinski definition) is 2. The number of nitrogens with one attached hydrogen (secondary N) is 2. The minimum Gasteiger partial charge on any atom is -0.484 e. The third-order valence-corrected chi connectivity index (χ3v) is 6.99. The lowest BCUT2D eigenvalue weighted by Gasteiger charge is -2.53. The Bertz CT molecular complexity index is 1050. The molecule has 2 fully saturated rings. The number of halogens is 3. The summed E-state index contributed by atoms with van der Waals surface area (Å²) in [5.74, 6) is -0.311. The molecule has 0 aliphatic carbocycles. The number of anilines is 3. The third-order valence-electron chi connectivity index (χ3n) is 6.99. The van der Waals surface area contributed by atoms with Gasteiger partial charge in [-0.25, -0.2) is 9.37 Å². The summed E-state index contributed by atoms with van der Waals surface area (Å²) in [6.45, 7) is 6.58. The van der Waals surface area contributed by atoms with Crippen molar-refractivity contribution in [2.75, 3.05) is 30.9 Å². The second kappa shape index (κ2) is 10.3. The lowest BCUT2D eigenvalue weighted by Crippen LogP contribution is -2.61. The van der Waals surface area contributed by atoms with E-state index < -0.39 is 12.4 Å². The Hall–Kier alpha value is -2.79. The van der Waals surface area contributed by atoms with E-state index in [1.807, 2.05) is 0 Å². The Morgan fingerprint density at radius 3 is 2.50 bits per heavy atom. The predicted octanol–water partition coefficient (Wildman–Crippen LogP) is 5.19. The average Bonchev–Trinajstić information content (AvgIpc) is 3.28. The summed E-state index contributed by atoms with van der Waals surface area (Å²) in [5.41, 5.74) is 0.221. The van der Waals surface area contributed by atoms with Gasteiger partial charge in [0.2, 0.25) is 5.95 Å². The predicted molar refractivity (Wildman–Crippen MR) is 131 cm³/mol. The summed E-state index contributed by atoms with van der Waals surface area (Å²) in [5, 5.41) is 6.19. The molecule has 0 radical (unpaired) electrons. The monoisotopic (exact) mass is 509 g/mol. The summed E-state index contributed by atoms with van der Waals surface area (Å²) >= 11 is 0. The molecule has 8 nitrogen and oxygen atoms in total. The van der Waals surface area contributed by atoms with Crippen LogP contribution in [0.4, 0.5) is 30.6 Å². The number of likely N-dealkylation sites (tertiary alicyclic amines) is 1. The van der Waals surface area contributed by atoms with E-state index in [0.29, 0.717) is 25.3 Å². The smallest absolute Gasteiger partial charge is 0.387 e. The maximum absolute atomic E-state index is 14.6. The molecule has 11 heteroatoms. The zero-order chi connectivity index (χ0) is 26.1. The van der Waals surface area contributed by atoms with Gasteiger partial charge in [-0.1, -0.05) is 0 Å². The van der Waals surface area contributed by atoms with Gasteiger partial charge in [0, 0.05) is 35.3 Å². The van der Waals surface area contributed by atoms with E-state index in [1.54, 1.807) is 6.07 Å². The van der Waals surface area contributed by atoms with Crippen LogP contribution in [0.25, 0.3) is 0 Å². The maximum Gasteiger partial charge on any atom is 0.387 e. The molecule has 0 bridgehead atoms. The number of alkyl halides is 2. The van der Waals surface area contributed by atoms with E-state index in [1.165, 1.54) is 12.1 Å². The number of benzene rings is 1. The van der Waals surface area contributed by atoms with Crippen LogP contribution in [0.15, 0.2) is 24.4 Å². The van der Waals surface area contributed by atoms with E-state index in [4.69, 9.17) is 9.47 Å². The quantitative estimate of drug-likeness (QED) is 0.503. The molecule has 198 valence electrons. The summed E-state index contributed by atoms with van der Waals surface area (Å²) in [6.07, 6.45) is 3.13. The molecule has 2 aliphatic rings. The van der Waals surface area contributed by atoms with Crippen molar-refractivity contribution in [2.45, 2.75) is 76.8 Å². The zero-order valence-corrected chi connectivity index (χ0v) is 21.3. The molecule has 2 aliphatic heterocycles. The van der Waals surface area contributed by atoms with Gasteiger partial charge in [0.25, 0.3) is 0 Å². The van der Waals surface area contributed by atoms with E-state index in [2.05, 4.69) is 65.0 Å². The number of ether oxygens (including phenoxy) is 3. The first-order valence-electron chi connectivity index (χ1n) is 12.1. The van der Waals surface area contributed by atoms with Crippen molar-refractivity contribution in [2.24, 2.45) is 0 Å². The van der Waals surface area contributed by atoms with Gasteiger partial charge in [-0.3, -0.25) is 4.90 Å². The Morgan fingerprint density at radius 1 is 1.14 bits per heavy atom. The van der Waals surface area contributed by atoms with Gasteiger partial charge in [-0.2, -0.15) is 13.8 Å². The van der Waals surface area contributed by atoms with E-state index >= 15 is 0 Å². The van der Waals surface area contributed by atoms with Gasteiger partial charge in [-0.05, 0) is 59.7 Å². The molecule has 0 saturated carbocycles. The van der Waals surface area contributed by atoms with Gasteiger partial charge in [0.1, 0.15) is 6.10 Å². The average molecular weight is 510 g/mol. The number of aromatic nitrogens is 2. The molecule has 0 spiro atoms. The first-order valence-corrected chi connectivity index (χ1v) is 12.1. The first-order chi connectivity index (χ1) is 16.9. The molecule has 1 aromatic heterocycles. The zero-order valence-electron chi connectivity index (χ0n) is 21.3. The van der Waals surface area contributed by atoms with Crippen molar-refractivity contribution in [1.82, 2.24) is 14.9 Å². The number of piperidine rings is 1. The Labute approximate surface area is 209 Å². The molecular formula is C25H34F3N5O3. The van der Waals surface area contributed by atoms with Crippen molar-refractivity contribution in [3.8, 4) is 11.5 Å². The van der Waals surface area contributed by atoms with Crippen molar-refractivity contribution in [1.29, 1.82) is 0 Å². The summed E-state index contributed by atoms with van der Waals surface area (Å²) in [7, 11) is 2.10. The number of nitrogens with zero attached hydrogens (tertiary/aromatic N) is 3. The van der Waals surface area contributed by atoms with E-state index in [9.17, 15) is 13.2 Å². The molecule has 2 N–H and O–H groups in total. The highest BCUT2D eigenvalue weighted by Gasteiger charge is 2.43. The minimum atomic E-state index is -3.02. The number of hydrogen-bond acceptors (Lipinski definition) is 8.